The van der Waals surface area contributed by atoms with Gasteiger partial charge < -0.3 is 10.1 Å². The molecule has 4 heteroatoms. The topological polar surface area (TPSA) is 55.4 Å². The first kappa shape index (κ1) is 20.3. The molecule has 0 fully saturated rings. The summed E-state index contributed by atoms with van der Waals surface area (Å²) in [6.07, 6.45) is 8.55. The third kappa shape index (κ3) is 3.52. The zero-order valence-corrected chi connectivity index (χ0v) is 18.5. The van der Waals surface area contributed by atoms with Gasteiger partial charge in [0.05, 0.1) is 5.57 Å². The van der Waals surface area contributed by atoms with E-state index < -0.39 is 0 Å². The van der Waals surface area contributed by atoms with E-state index in [1.165, 1.54) is 11.3 Å². The van der Waals surface area contributed by atoms with Crippen LogP contribution in [0, 0.1) is 5.41 Å². The average Bonchev–Trinajstić information content (AvgIpc) is 3.34. The second-order valence-corrected chi connectivity index (χ2v) is 9.37. The zero-order chi connectivity index (χ0) is 22.5. The lowest BCUT2D eigenvalue weighted by Gasteiger charge is -2.27. The number of hydrogen-bond donors (Lipinski definition) is 1. The molecule has 32 heavy (non-hydrogen) atoms. The summed E-state index contributed by atoms with van der Waals surface area (Å²) in [5.41, 5.74) is 5.05. The monoisotopic (exact) mass is 423 g/mol. The average molecular weight is 424 g/mol. The van der Waals surface area contributed by atoms with Crippen LogP contribution < -0.4 is 5.32 Å². The second kappa shape index (κ2) is 7.49. The highest BCUT2D eigenvalue weighted by molar-refractivity contribution is 6.40. The van der Waals surface area contributed by atoms with Gasteiger partial charge in [-0.05, 0) is 53.5 Å². The minimum Gasteiger partial charge on any atom is -0.461 e. The number of allylic oxidation sites excluding steroid dienone is 6. The molecule has 2 aromatic rings. The molecule has 1 aliphatic carbocycles. The first-order chi connectivity index (χ1) is 15.3. The van der Waals surface area contributed by atoms with Gasteiger partial charge in [0, 0.05) is 28.8 Å². The summed E-state index contributed by atoms with van der Waals surface area (Å²) in [5.74, 6) is 0.877. The van der Waals surface area contributed by atoms with Crippen LogP contribution >= 0.6 is 0 Å². The molecule has 0 unspecified atom stereocenters. The van der Waals surface area contributed by atoms with Crippen molar-refractivity contribution in [1.82, 2.24) is 0 Å². The van der Waals surface area contributed by atoms with Crippen LogP contribution in [0.4, 0.5) is 5.69 Å². The van der Waals surface area contributed by atoms with Crippen molar-refractivity contribution in [3.05, 3.63) is 106 Å². The third-order valence-corrected chi connectivity index (χ3v) is 5.99. The van der Waals surface area contributed by atoms with Crippen molar-refractivity contribution in [2.24, 2.45) is 5.41 Å². The highest BCUT2D eigenvalue weighted by Gasteiger charge is 2.36. The van der Waals surface area contributed by atoms with Gasteiger partial charge in [0.2, 0.25) is 0 Å². The molecule has 0 atom stereocenters. The number of carbonyl (C=O) groups excluding carboxylic acids is 2. The molecule has 0 amide bonds. The maximum atomic E-state index is 13.1. The van der Waals surface area contributed by atoms with Crippen molar-refractivity contribution in [3.8, 4) is 0 Å². The number of benzene rings is 2. The van der Waals surface area contributed by atoms with Crippen molar-refractivity contribution in [3.63, 3.8) is 0 Å². The third-order valence-electron chi connectivity index (χ3n) is 5.99. The van der Waals surface area contributed by atoms with Gasteiger partial charge in [0.1, 0.15) is 11.5 Å². The van der Waals surface area contributed by atoms with Gasteiger partial charge >= 0.3 is 0 Å². The van der Waals surface area contributed by atoms with E-state index in [0.717, 1.165) is 24.3 Å². The van der Waals surface area contributed by atoms with Crippen molar-refractivity contribution in [2.75, 3.05) is 11.9 Å². The molecule has 0 saturated carbocycles. The number of ketones is 2. The van der Waals surface area contributed by atoms with E-state index in [4.69, 9.17) is 4.74 Å². The van der Waals surface area contributed by atoms with Crippen LogP contribution in [-0.4, -0.2) is 18.1 Å². The Bertz CT molecular complexity index is 1240. The molecule has 0 bridgehead atoms. The number of Topliss-reactive ketones (excluding diaryl/α,β-unsaturated/α-hetero) is 2. The lowest BCUT2D eigenvalue weighted by molar-refractivity contribution is 0.0987. The Balaban J connectivity index is 1.55. The number of ether oxygens (including phenoxy) is 1. The van der Waals surface area contributed by atoms with Crippen LogP contribution in [0.15, 0.2) is 83.4 Å². The molecule has 1 N–H and O–H groups in total. The van der Waals surface area contributed by atoms with Crippen LogP contribution in [0.25, 0.3) is 6.08 Å². The predicted octanol–water partition coefficient (Wildman–Crippen LogP) is 5.89. The predicted molar refractivity (Wildman–Crippen MR) is 127 cm³/mol. The largest absolute Gasteiger partial charge is 0.461 e. The van der Waals surface area contributed by atoms with Crippen LogP contribution in [0.2, 0.25) is 0 Å². The van der Waals surface area contributed by atoms with Gasteiger partial charge in [-0.1, -0.05) is 57.2 Å². The molecule has 5 rings (SSSR count). The summed E-state index contributed by atoms with van der Waals surface area (Å²) in [4.78, 5) is 26.1. The summed E-state index contributed by atoms with van der Waals surface area (Å²) < 4.78 is 6.17. The molecule has 0 radical (unpaired) electrons. The van der Waals surface area contributed by atoms with Gasteiger partial charge in [-0.15, -0.1) is 0 Å². The zero-order valence-electron chi connectivity index (χ0n) is 18.5. The normalized spacial score (nSPS) is 17.7. The van der Waals surface area contributed by atoms with E-state index in [1.54, 1.807) is 30.3 Å². The fourth-order valence-electron chi connectivity index (χ4n) is 4.24. The van der Waals surface area contributed by atoms with Crippen molar-refractivity contribution in [1.29, 1.82) is 0 Å². The maximum absolute atomic E-state index is 13.1. The van der Waals surface area contributed by atoms with Crippen LogP contribution in [0.5, 0.6) is 0 Å². The van der Waals surface area contributed by atoms with E-state index in [2.05, 4.69) is 23.5 Å². The fraction of sp³-hybridized carbons (Fsp3) is 0.214. The molecule has 2 aliphatic heterocycles. The minimum atomic E-state index is -0.282. The highest BCUT2D eigenvalue weighted by atomic mass is 16.5. The van der Waals surface area contributed by atoms with Gasteiger partial charge in [-0.2, -0.15) is 0 Å². The summed E-state index contributed by atoms with van der Waals surface area (Å²) in [7, 11) is 0. The Labute approximate surface area is 188 Å². The Kier molecular flexibility index (Phi) is 4.74. The molecule has 0 saturated heterocycles. The van der Waals surface area contributed by atoms with E-state index in [1.807, 2.05) is 39.0 Å². The molecule has 160 valence electrons. The Morgan fingerprint density at radius 2 is 1.66 bits per heavy atom. The number of nitrogens with one attached hydrogen (secondary N) is 1. The molecular formula is C28H25NO3. The van der Waals surface area contributed by atoms with Crippen molar-refractivity contribution < 1.29 is 14.3 Å². The Hall–Kier alpha value is -3.66. The summed E-state index contributed by atoms with van der Waals surface area (Å²) in [5, 5.41) is 3.37. The van der Waals surface area contributed by atoms with Crippen LogP contribution in [0.1, 0.15) is 52.6 Å². The number of fused-ring (bicyclic) bond motifs is 2. The number of hydrogen-bond acceptors (Lipinski definition) is 4. The van der Waals surface area contributed by atoms with E-state index in [0.29, 0.717) is 22.5 Å². The Morgan fingerprint density at radius 1 is 0.938 bits per heavy atom. The first-order valence-electron chi connectivity index (χ1n) is 10.9. The van der Waals surface area contributed by atoms with E-state index >= 15 is 0 Å². The summed E-state index contributed by atoms with van der Waals surface area (Å²) in [6, 6.07) is 13.3. The van der Waals surface area contributed by atoms with Gasteiger partial charge in [0.15, 0.2) is 11.6 Å². The van der Waals surface area contributed by atoms with Crippen LogP contribution in [0.3, 0.4) is 0 Å². The molecule has 0 aromatic heterocycles. The molecule has 0 spiro atoms. The lowest BCUT2D eigenvalue weighted by Crippen LogP contribution is -2.16. The number of rotatable bonds is 2. The smallest absolute Gasteiger partial charge is 0.198 e. The molecule has 3 aliphatic rings. The maximum Gasteiger partial charge on any atom is 0.198 e. The molecule has 4 nitrogen and oxygen atoms in total. The van der Waals surface area contributed by atoms with Crippen molar-refractivity contribution in [2.45, 2.75) is 27.2 Å². The van der Waals surface area contributed by atoms with Crippen molar-refractivity contribution >= 4 is 23.3 Å². The van der Waals surface area contributed by atoms with Gasteiger partial charge in [-0.3, -0.25) is 9.59 Å². The lowest BCUT2D eigenvalue weighted by atomic mass is 9.89. The number of carbonyl (C=O) groups is 2. The van der Waals surface area contributed by atoms with E-state index in [9.17, 15) is 9.59 Å². The van der Waals surface area contributed by atoms with Crippen LogP contribution in [-0.2, 0) is 11.2 Å². The van der Waals surface area contributed by atoms with Gasteiger partial charge in [0.25, 0.3) is 0 Å². The minimum absolute atomic E-state index is 0.214. The summed E-state index contributed by atoms with van der Waals surface area (Å²) in [6.45, 7) is 7.12. The molecular weight excluding hydrogens is 398 g/mol. The summed E-state index contributed by atoms with van der Waals surface area (Å²) >= 11 is 0. The molecule has 2 heterocycles. The SMILES string of the molecule is CC(C)(C)C1=CC(=C2C(=O)c3ccccc3C2=O)C=C(C=Cc2ccc3c(c2)CCN3)O1. The Morgan fingerprint density at radius 3 is 2.34 bits per heavy atom. The second-order valence-electron chi connectivity index (χ2n) is 9.37. The fourth-order valence-corrected chi connectivity index (χ4v) is 4.24. The quantitative estimate of drug-likeness (QED) is 0.484. The molecule has 2 aromatic carbocycles. The van der Waals surface area contributed by atoms with E-state index in [-0.39, 0.29) is 22.6 Å². The first-order valence-corrected chi connectivity index (χ1v) is 10.9. The van der Waals surface area contributed by atoms with Gasteiger partial charge in [-0.25, -0.2) is 0 Å². The highest BCUT2D eigenvalue weighted by Crippen LogP contribution is 2.37. The standard InChI is InChI=1S/C28H25NO3/c1-28(2,3)24-16-19(25-26(30)21-6-4-5-7-22(21)27(25)31)15-20(32-24)10-8-17-9-11-23-18(14-17)12-13-29-23/h4-11,14-16,29H,12-13H2,1-3H3. The number of anilines is 1.